The molecule has 1 nitrogen and oxygen atoms in total. The second-order valence-electron chi connectivity index (χ2n) is 8.16. The van der Waals surface area contributed by atoms with Crippen LogP contribution >= 0.6 is 0 Å². The molecule has 2 fully saturated rings. The number of allylic oxidation sites excluding steroid dienone is 2. The van der Waals surface area contributed by atoms with Gasteiger partial charge in [-0.05, 0) is 99.2 Å². The molecule has 27 heavy (non-hydrogen) atoms. The molecular weight excluding hydrogens is 347 g/mol. The van der Waals surface area contributed by atoms with Gasteiger partial charge in [-0.3, -0.25) is 4.39 Å². The molecule has 0 aliphatic heterocycles. The fourth-order valence-corrected chi connectivity index (χ4v) is 5.02. The van der Waals surface area contributed by atoms with Crippen molar-refractivity contribution >= 4 is 0 Å². The van der Waals surface area contributed by atoms with Crippen LogP contribution in [0.4, 0.5) is 13.2 Å². The summed E-state index contributed by atoms with van der Waals surface area (Å²) in [5.41, 5.74) is 0.217. The highest BCUT2D eigenvalue weighted by Gasteiger charge is 2.31. The topological polar surface area (TPSA) is 23.8 Å². The third kappa shape index (κ3) is 4.94. The predicted octanol–water partition coefficient (Wildman–Crippen LogP) is 6.83. The molecule has 0 radical (unpaired) electrons. The van der Waals surface area contributed by atoms with Crippen molar-refractivity contribution in [3.05, 3.63) is 47.0 Å². The summed E-state index contributed by atoms with van der Waals surface area (Å²) in [5.74, 6) is 0.783. The van der Waals surface area contributed by atoms with E-state index in [2.05, 4.69) is 6.08 Å². The van der Waals surface area contributed by atoms with E-state index in [0.717, 1.165) is 31.6 Å². The Bertz CT molecular complexity index is 667. The van der Waals surface area contributed by atoms with Crippen LogP contribution in [-0.2, 0) is 0 Å². The van der Waals surface area contributed by atoms with Crippen LogP contribution in [0, 0.1) is 40.7 Å². The van der Waals surface area contributed by atoms with Crippen molar-refractivity contribution in [3.63, 3.8) is 0 Å². The third-order valence-corrected chi connectivity index (χ3v) is 6.59. The third-order valence-electron chi connectivity index (χ3n) is 6.59. The number of rotatable bonds is 5. The Hall–Kier alpha value is -1.76. The Morgan fingerprint density at radius 2 is 1.48 bits per heavy atom. The number of benzene rings is 1. The molecule has 2 saturated carbocycles. The molecule has 0 spiro atoms. The highest BCUT2D eigenvalue weighted by Crippen LogP contribution is 2.44. The first-order valence-electron chi connectivity index (χ1n) is 10.2. The van der Waals surface area contributed by atoms with Gasteiger partial charge in [0, 0.05) is 0 Å². The maximum atomic E-state index is 13.9. The van der Waals surface area contributed by atoms with E-state index in [9.17, 15) is 13.2 Å². The quantitative estimate of drug-likeness (QED) is 0.517. The van der Waals surface area contributed by atoms with Gasteiger partial charge in [-0.1, -0.05) is 12.2 Å². The second kappa shape index (κ2) is 9.44. The van der Waals surface area contributed by atoms with Crippen molar-refractivity contribution in [2.75, 3.05) is 6.67 Å². The van der Waals surface area contributed by atoms with E-state index in [1.807, 2.05) is 6.08 Å². The molecule has 0 N–H and O–H groups in total. The van der Waals surface area contributed by atoms with Crippen molar-refractivity contribution < 1.29 is 13.2 Å². The van der Waals surface area contributed by atoms with Crippen LogP contribution in [0.2, 0.25) is 0 Å². The Kier molecular flexibility index (Phi) is 6.99. The summed E-state index contributed by atoms with van der Waals surface area (Å²) in [6.07, 6.45) is 13.7. The van der Waals surface area contributed by atoms with Crippen LogP contribution in [0.3, 0.4) is 0 Å². The van der Waals surface area contributed by atoms with E-state index >= 15 is 0 Å². The zero-order chi connectivity index (χ0) is 19.2. The molecule has 0 unspecified atom stereocenters. The minimum absolute atomic E-state index is 0.193. The molecule has 0 atom stereocenters. The molecule has 0 amide bonds. The predicted molar refractivity (Wildman–Crippen MR) is 101 cm³/mol. The number of nitrogens with zero attached hydrogens (tertiary/aromatic N) is 1. The molecule has 0 heterocycles. The Labute approximate surface area is 160 Å². The minimum Gasteiger partial charge on any atom is -0.251 e. The first-order chi connectivity index (χ1) is 13.1. The standard InChI is InChI=1S/C23H28F3N/c24-12-2-1-3-16-4-6-17(7-5-16)18-8-10-19(11-9-18)20-13-22(25)21(15-27)23(26)14-20/h1,3,13-14,16-19H,2,4-12H2/b3-1+/t16-,17-,18?,19?. The van der Waals surface area contributed by atoms with Gasteiger partial charge >= 0.3 is 0 Å². The first-order valence-corrected chi connectivity index (χ1v) is 10.2. The maximum Gasteiger partial charge on any atom is 0.144 e. The van der Waals surface area contributed by atoms with Crippen molar-refractivity contribution in [3.8, 4) is 6.07 Å². The van der Waals surface area contributed by atoms with E-state index in [0.29, 0.717) is 23.8 Å². The Morgan fingerprint density at radius 3 is 2.00 bits per heavy atom. The van der Waals surface area contributed by atoms with Gasteiger partial charge in [0.1, 0.15) is 23.3 Å². The smallest absolute Gasteiger partial charge is 0.144 e. The highest BCUT2D eigenvalue weighted by molar-refractivity contribution is 5.36. The zero-order valence-electron chi connectivity index (χ0n) is 15.8. The van der Waals surface area contributed by atoms with E-state index in [4.69, 9.17) is 5.26 Å². The van der Waals surface area contributed by atoms with Gasteiger partial charge in [-0.15, -0.1) is 0 Å². The monoisotopic (exact) mass is 375 g/mol. The van der Waals surface area contributed by atoms with Crippen LogP contribution < -0.4 is 0 Å². The van der Waals surface area contributed by atoms with E-state index in [1.165, 1.54) is 37.8 Å². The van der Waals surface area contributed by atoms with E-state index < -0.39 is 17.2 Å². The number of halogens is 3. The summed E-state index contributed by atoms with van der Waals surface area (Å²) in [5, 5.41) is 8.81. The van der Waals surface area contributed by atoms with Crippen molar-refractivity contribution in [2.45, 2.75) is 63.7 Å². The van der Waals surface area contributed by atoms with Crippen LogP contribution in [0.25, 0.3) is 0 Å². The maximum absolute atomic E-state index is 13.9. The summed E-state index contributed by atoms with van der Waals surface area (Å²) in [6, 6.07) is 4.29. The molecule has 0 bridgehead atoms. The van der Waals surface area contributed by atoms with Gasteiger partial charge in [0.05, 0.1) is 6.67 Å². The minimum atomic E-state index is -0.742. The fraction of sp³-hybridized carbons (Fsp3) is 0.609. The van der Waals surface area contributed by atoms with Crippen molar-refractivity contribution in [1.29, 1.82) is 5.26 Å². The van der Waals surface area contributed by atoms with Gasteiger partial charge in [-0.25, -0.2) is 8.78 Å². The molecule has 1 aromatic rings. The average Bonchev–Trinajstić information content (AvgIpc) is 2.69. The summed E-state index contributed by atoms with van der Waals surface area (Å²) in [4.78, 5) is 0. The van der Waals surface area contributed by atoms with Crippen LogP contribution in [0.15, 0.2) is 24.3 Å². The van der Waals surface area contributed by atoms with E-state index in [1.54, 1.807) is 6.07 Å². The molecule has 1 aromatic carbocycles. The molecule has 146 valence electrons. The van der Waals surface area contributed by atoms with Gasteiger partial charge in [-0.2, -0.15) is 5.26 Å². The summed E-state index contributed by atoms with van der Waals surface area (Å²) < 4.78 is 40.0. The van der Waals surface area contributed by atoms with Gasteiger partial charge in [0.15, 0.2) is 0 Å². The van der Waals surface area contributed by atoms with Crippen LogP contribution in [-0.4, -0.2) is 6.67 Å². The van der Waals surface area contributed by atoms with Crippen LogP contribution in [0.5, 0.6) is 0 Å². The number of nitriles is 1. The SMILES string of the molecule is N#Cc1c(F)cc(C2CCC([C@H]3CC[C@H](/C=C/CCF)CC3)CC2)cc1F. The molecule has 2 aliphatic carbocycles. The van der Waals surface area contributed by atoms with Crippen molar-refractivity contribution in [1.82, 2.24) is 0 Å². The van der Waals surface area contributed by atoms with E-state index in [-0.39, 0.29) is 12.6 Å². The Balaban J connectivity index is 1.51. The lowest BCUT2D eigenvalue weighted by Crippen LogP contribution is -2.25. The molecule has 4 heteroatoms. The zero-order valence-corrected chi connectivity index (χ0v) is 15.8. The highest BCUT2D eigenvalue weighted by atomic mass is 19.1. The lowest BCUT2D eigenvalue weighted by Gasteiger charge is -2.37. The largest absolute Gasteiger partial charge is 0.251 e. The number of alkyl halides is 1. The lowest BCUT2D eigenvalue weighted by molar-refractivity contribution is 0.171. The first kappa shape index (κ1) is 20.0. The van der Waals surface area contributed by atoms with Gasteiger partial charge in [0.25, 0.3) is 0 Å². The second-order valence-corrected chi connectivity index (χ2v) is 8.16. The summed E-state index contributed by atoms with van der Waals surface area (Å²) in [7, 11) is 0. The Morgan fingerprint density at radius 1 is 0.926 bits per heavy atom. The normalized spacial score (nSPS) is 29.0. The number of hydrogen-bond acceptors (Lipinski definition) is 1. The lowest BCUT2D eigenvalue weighted by atomic mass is 9.68. The number of hydrogen-bond donors (Lipinski definition) is 0. The van der Waals surface area contributed by atoms with Crippen LogP contribution in [0.1, 0.15) is 74.8 Å². The molecule has 3 rings (SSSR count). The summed E-state index contributed by atoms with van der Waals surface area (Å²) >= 11 is 0. The molecule has 0 saturated heterocycles. The average molecular weight is 375 g/mol. The van der Waals surface area contributed by atoms with Gasteiger partial charge in [0.2, 0.25) is 0 Å². The van der Waals surface area contributed by atoms with Gasteiger partial charge < -0.3 is 0 Å². The summed E-state index contributed by atoms with van der Waals surface area (Å²) in [6.45, 7) is -0.276. The fourth-order valence-electron chi connectivity index (χ4n) is 5.02. The molecule has 2 aliphatic rings. The molecular formula is C23H28F3N. The molecule has 0 aromatic heterocycles. The van der Waals surface area contributed by atoms with Crippen molar-refractivity contribution in [2.24, 2.45) is 17.8 Å².